The van der Waals surface area contributed by atoms with E-state index in [1.807, 2.05) is 100 Å². The summed E-state index contributed by atoms with van der Waals surface area (Å²) < 4.78 is 3.99. The number of hydrogen-bond acceptors (Lipinski definition) is 3. The topological polar surface area (TPSA) is 66.9 Å². The Hall–Kier alpha value is -4.13. The average Bonchev–Trinajstić information content (AvgIpc) is 3.38. The predicted molar refractivity (Wildman–Crippen MR) is 115 cm³/mol. The Morgan fingerprint density at radius 1 is 0.767 bits per heavy atom. The van der Waals surface area contributed by atoms with Crippen LogP contribution in [0, 0.1) is 0 Å². The first-order chi connectivity index (χ1) is 14.8. The van der Waals surface area contributed by atoms with E-state index < -0.39 is 0 Å². The van der Waals surface area contributed by atoms with Gasteiger partial charge in [-0.3, -0.25) is 0 Å². The molecule has 0 radical (unpaired) electrons. The molecular weight excluding hydrogens is 376 g/mol. The van der Waals surface area contributed by atoms with Crippen molar-refractivity contribution >= 4 is 23.0 Å². The number of nitrogens with one attached hydrogen (secondary N) is 1. The van der Waals surface area contributed by atoms with Gasteiger partial charge in [-0.1, -0.05) is 30.3 Å². The van der Waals surface area contributed by atoms with E-state index >= 15 is 0 Å². The lowest BCUT2D eigenvalue weighted by molar-refractivity contribution is 0.204. The maximum Gasteiger partial charge on any atom is 0.322 e. The van der Waals surface area contributed by atoms with Gasteiger partial charge in [0, 0.05) is 18.1 Å². The van der Waals surface area contributed by atoms with Crippen molar-refractivity contribution in [2.75, 3.05) is 5.32 Å². The summed E-state index contributed by atoms with van der Waals surface area (Å²) in [6.07, 6.45) is 7.54. The molecule has 0 fully saturated rings. The number of nitrogens with zero attached hydrogens (tertiary/aromatic N) is 5. The fraction of sp³-hybridized carbons (Fsp3) is 0.0870. The fourth-order valence-corrected chi connectivity index (χ4v) is 3.52. The molecular formula is C23H20N6O. The van der Waals surface area contributed by atoms with Gasteiger partial charge >= 0.3 is 6.03 Å². The number of aromatic nitrogens is 4. The Morgan fingerprint density at radius 2 is 1.30 bits per heavy atom. The number of carbonyl (C=O) groups is 1. The molecule has 0 aliphatic carbocycles. The third kappa shape index (κ3) is 3.48. The van der Waals surface area contributed by atoms with Crippen molar-refractivity contribution in [1.29, 1.82) is 0 Å². The summed E-state index contributed by atoms with van der Waals surface area (Å²) >= 11 is 0. The van der Waals surface area contributed by atoms with Crippen molar-refractivity contribution in [2.24, 2.45) is 0 Å². The molecule has 4 aromatic heterocycles. The second-order valence-electron chi connectivity index (χ2n) is 7.01. The van der Waals surface area contributed by atoms with Crippen LogP contribution in [0.1, 0.15) is 11.4 Å². The standard InChI is InChI=1S/C23H20N6O/c30-23(26-18-8-2-1-3-9-18)27(16-19-14-24-21-10-4-6-12-28(19)21)17-20-15-25-22-11-5-7-13-29(20)22/h1-15H,16-17H2,(H,26,30). The highest BCUT2D eigenvalue weighted by atomic mass is 16.2. The number of urea groups is 1. The monoisotopic (exact) mass is 396 g/mol. The first-order valence-corrected chi connectivity index (χ1v) is 9.71. The third-order valence-corrected chi connectivity index (χ3v) is 5.01. The van der Waals surface area contributed by atoms with Crippen molar-refractivity contribution in [3.8, 4) is 0 Å². The quantitative estimate of drug-likeness (QED) is 0.484. The molecule has 7 nitrogen and oxygen atoms in total. The minimum absolute atomic E-state index is 0.182. The van der Waals surface area contributed by atoms with Crippen LogP contribution >= 0.6 is 0 Å². The first kappa shape index (κ1) is 17.9. The summed E-state index contributed by atoms with van der Waals surface area (Å²) in [5.41, 5.74) is 4.32. The Balaban J connectivity index is 1.47. The number of carbonyl (C=O) groups excluding carboxylic acids is 1. The van der Waals surface area contributed by atoms with Crippen LogP contribution in [0.3, 0.4) is 0 Å². The number of hydrogen-bond donors (Lipinski definition) is 1. The molecule has 1 N–H and O–H groups in total. The lowest BCUT2D eigenvalue weighted by atomic mass is 10.3. The summed E-state index contributed by atoms with van der Waals surface area (Å²) in [5.74, 6) is 0. The highest BCUT2D eigenvalue weighted by molar-refractivity contribution is 5.89. The number of anilines is 1. The van der Waals surface area contributed by atoms with E-state index in [1.165, 1.54) is 0 Å². The first-order valence-electron chi connectivity index (χ1n) is 9.71. The van der Waals surface area contributed by atoms with E-state index in [2.05, 4.69) is 15.3 Å². The van der Waals surface area contributed by atoms with Crippen molar-refractivity contribution in [3.63, 3.8) is 0 Å². The Morgan fingerprint density at radius 3 is 1.87 bits per heavy atom. The zero-order valence-electron chi connectivity index (χ0n) is 16.2. The molecule has 2 amide bonds. The molecule has 7 heteroatoms. The summed E-state index contributed by atoms with van der Waals surface area (Å²) in [5, 5.41) is 2.99. The summed E-state index contributed by atoms with van der Waals surface area (Å²) in [6.45, 7) is 0.813. The third-order valence-electron chi connectivity index (χ3n) is 5.01. The molecule has 0 aliphatic rings. The second kappa shape index (κ2) is 7.71. The fourth-order valence-electron chi connectivity index (χ4n) is 3.52. The van der Waals surface area contributed by atoms with Crippen LogP contribution in [-0.4, -0.2) is 29.7 Å². The summed E-state index contributed by atoms with van der Waals surface area (Å²) in [7, 11) is 0. The normalized spacial score (nSPS) is 11.1. The molecule has 148 valence electrons. The highest BCUT2D eigenvalue weighted by Crippen LogP contribution is 2.16. The van der Waals surface area contributed by atoms with Gasteiger partial charge in [0.05, 0.1) is 36.9 Å². The number of amides is 2. The van der Waals surface area contributed by atoms with Crippen LogP contribution in [0.2, 0.25) is 0 Å². The minimum atomic E-state index is -0.182. The maximum absolute atomic E-state index is 13.2. The van der Waals surface area contributed by atoms with E-state index in [9.17, 15) is 4.79 Å². The number of benzene rings is 1. The van der Waals surface area contributed by atoms with Crippen LogP contribution in [0.5, 0.6) is 0 Å². The van der Waals surface area contributed by atoms with E-state index in [4.69, 9.17) is 0 Å². The van der Waals surface area contributed by atoms with Gasteiger partial charge in [-0.15, -0.1) is 0 Å². The van der Waals surface area contributed by atoms with Crippen LogP contribution in [0.15, 0.2) is 91.5 Å². The minimum Gasteiger partial charge on any atom is -0.313 e. The Kier molecular flexibility index (Phi) is 4.61. The number of para-hydroxylation sites is 1. The number of imidazole rings is 2. The van der Waals surface area contributed by atoms with Crippen molar-refractivity contribution < 1.29 is 4.79 Å². The molecule has 0 unspecified atom stereocenters. The maximum atomic E-state index is 13.2. The lowest BCUT2D eigenvalue weighted by Crippen LogP contribution is -2.34. The van der Waals surface area contributed by atoms with Gasteiger partial charge in [-0.25, -0.2) is 14.8 Å². The number of rotatable bonds is 5. The van der Waals surface area contributed by atoms with Gasteiger partial charge in [0.2, 0.25) is 0 Å². The molecule has 1 aromatic carbocycles. The molecule has 0 bridgehead atoms. The summed E-state index contributed by atoms with van der Waals surface area (Å²) in [6, 6.07) is 21.0. The van der Waals surface area contributed by atoms with E-state index in [1.54, 1.807) is 4.90 Å². The van der Waals surface area contributed by atoms with Gasteiger partial charge in [0.15, 0.2) is 0 Å². The molecule has 0 spiro atoms. The van der Waals surface area contributed by atoms with Crippen molar-refractivity contribution in [2.45, 2.75) is 13.1 Å². The molecule has 5 rings (SSSR count). The van der Waals surface area contributed by atoms with Crippen LogP contribution in [-0.2, 0) is 13.1 Å². The van der Waals surface area contributed by atoms with Crippen molar-refractivity contribution in [3.05, 3.63) is 103 Å². The summed E-state index contributed by atoms with van der Waals surface area (Å²) in [4.78, 5) is 23.9. The highest BCUT2D eigenvalue weighted by Gasteiger charge is 2.19. The second-order valence-corrected chi connectivity index (χ2v) is 7.01. The van der Waals surface area contributed by atoms with Gasteiger partial charge in [-0.2, -0.15) is 0 Å². The molecule has 0 saturated heterocycles. The zero-order chi connectivity index (χ0) is 20.3. The Labute approximate surface area is 173 Å². The predicted octanol–water partition coefficient (Wildman–Crippen LogP) is 4.22. The Bertz CT molecular complexity index is 1230. The molecule has 5 aromatic rings. The van der Waals surface area contributed by atoms with Gasteiger partial charge in [0.25, 0.3) is 0 Å². The number of fused-ring (bicyclic) bond motifs is 2. The molecule has 4 heterocycles. The van der Waals surface area contributed by atoms with E-state index in [0.29, 0.717) is 13.1 Å². The number of pyridine rings is 2. The molecule has 0 saturated carbocycles. The smallest absolute Gasteiger partial charge is 0.313 e. The van der Waals surface area contributed by atoms with Gasteiger partial charge in [0.1, 0.15) is 11.3 Å². The SMILES string of the molecule is O=C(Nc1ccccc1)N(Cc1cnc2ccccn12)Cc1cnc2ccccn12. The van der Waals surface area contributed by atoms with Crippen LogP contribution in [0.25, 0.3) is 11.3 Å². The molecule has 30 heavy (non-hydrogen) atoms. The van der Waals surface area contributed by atoms with Crippen LogP contribution in [0.4, 0.5) is 10.5 Å². The molecule has 0 aliphatic heterocycles. The largest absolute Gasteiger partial charge is 0.322 e. The lowest BCUT2D eigenvalue weighted by Gasteiger charge is -2.23. The van der Waals surface area contributed by atoms with Gasteiger partial charge in [-0.05, 0) is 36.4 Å². The van der Waals surface area contributed by atoms with Crippen LogP contribution < -0.4 is 5.32 Å². The van der Waals surface area contributed by atoms with E-state index in [0.717, 1.165) is 28.4 Å². The van der Waals surface area contributed by atoms with Gasteiger partial charge < -0.3 is 19.0 Å². The van der Waals surface area contributed by atoms with E-state index in [-0.39, 0.29) is 6.03 Å². The zero-order valence-corrected chi connectivity index (χ0v) is 16.2. The molecule has 0 atom stereocenters. The van der Waals surface area contributed by atoms with Crippen molar-refractivity contribution in [1.82, 2.24) is 23.7 Å². The average molecular weight is 396 g/mol.